The molecule has 6 heteroatoms. The molecule has 6 nitrogen and oxygen atoms in total. The van der Waals surface area contributed by atoms with Gasteiger partial charge in [0, 0.05) is 17.1 Å². The van der Waals surface area contributed by atoms with Crippen LogP contribution in [0.1, 0.15) is 29.9 Å². The Hall–Kier alpha value is -3.41. The summed E-state index contributed by atoms with van der Waals surface area (Å²) in [4.78, 5) is 15.1. The van der Waals surface area contributed by atoms with Gasteiger partial charge < -0.3 is 25.8 Å². The smallest absolute Gasteiger partial charge is 0.264 e. The van der Waals surface area contributed by atoms with Crippen molar-refractivity contribution in [1.29, 1.82) is 0 Å². The van der Waals surface area contributed by atoms with Crippen molar-refractivity contribution in [2.24, 2.45) is 5.92 Å². The molecule has 0 aliphatic carbocycles. The van der Waals surface area contributed by atoms with Crippen LogP contribution < -0.4 is 10.6 Å². The van der Waals surface area contributed by atoms with Crippen molar-refractivity contribution in [2.45, 2.75) is 20.3 Å². The second-order valence-electron chi connectivity index (χ2n) is 6.80. The van der Waals surface area contributed by atoms with E-state index in [4.69, 9.17) is 0 Å². The standard InChI is InChI=1S/C21H23N3O3/c1-13(2)12-17-19(25)18(21(27)24-17)20(26)23-16-10-8-15(9-11-16)22-14-6-4-3-5-7-14/h3-11,13,22,24-25,27H,12H2,1-2H3,(H,23,26). The van der Waals surface area contributed by atoms with Gasteiger partial charge in [-0.05, 0) is 48.7 Å². The normalized spacial score (nSPS) is 10.8. The number of amides is 1. The third-order valence-corrected chi connectivity index (χ3v) is 4.07. The summed E-state index contributed by atoms with van der Waals surface area (Å²) in [5, 5.41) is 26.2. The number of nitrogens with one attached hydrogen (secondary N) is 3. The number of carbonyl (C=O) groups is 1. The van der Waals surface area contributed by atoms with Crippen LogP contribution >= 0.6 is 0 Å². The molecule has 3 aromatic rings. The number of benzene rings is 2. The fourth-order valence-electron chi connectivity index (χ4n) is 2.82. The molecule has 0 atom stereocenters. The van der Waals surface area contributed by atoms with Crippen molar-refractivity contribution in [3.8, 4) is 11.6 Å². The monoisotopic (exact) mass is 365 g/mol. The molecule has 1 amide bonds. The second kappa shape index (κ2) is 7.86. The molecule has 2 aromatic carbocycles. The highest BCUT2D eigenvalue weighted by Gasteiger charge is 2.23. The Morgan fingerprint density at radius 2 is 1.56 bits per heavy atom. The van der Waals surface area contributed by atoms with Crippen molar-refractivity contribution < 1.29 is 15.0 Å². The Bertz CT molecular complexity index is 916. The first-order valence-corrected chi connectivity index (χ1v) is 8.80. The summed E-state index contributed by atoms with van der Waals surface area (Å²) >= 11 is 0. The molecule has 0 aliphatic heterocycles. The number of hydrogen-bond donors (Lipinski definition) is 5. The first-order valence-electron chi connectivity index (χ1n) is 8.80. The molecule has 0 spiro atoms. The SMILES string of the molecule is CC(C)Cc1[nH]c(O)c(C(=O)Nc2ccc(Nc3ccccc3)cc2)c1O. The number of H-pyrrole nitrogens is 1. The lowest BCUT2D eigenvalue weighted by molar-refractivity contribution is 0.102. The largest absolute Gasteiger partial charge is 0.505 e. The summed E-state index contributed by atoms with van der Waals surface area (Å²) in [5.74, 6) is -0.835. The van der Waals surface area contributed by atoms with Gasteiger partial charge in [0.15, 0.2) is 5.75 Å². The molecule has 0 radical (unpaired) electrons. The van der Waals surface area contributed by atoms with Gasteiger partial charge in [0.05, 0.1) is 5.69 Å². The van der Waals surface area contributed by atoms with Gasteiger partial charge >= 0.3 is 0 Å². The highest BCUT2D eigenvalue weighted by atomic mass is 16.3. The molecule has 140 valence electrons. The maximum absolute atomic E-state index is 12.5. The van der Waals surface area contributed by atoms with E-state index in [1.165, 1.54) is 0 Å². The number of aromatic nitrogens is 1. The van der Waals surface area contributed by atoms with Gasteiger partial charge in [-0.1, -0.05) is 32.0 Å². The molecule has 0 bridgehead atoms. The van der Waals surface area contributed by atoms with Gasteiger partial charge in [-0.15, -0.1) is 0 Å². The molecule has 0 fully saturated rings. The van der Waals surface area contributed by atoms with Crippen molar-refractivity contribution in [2.75, 3.05) is 10.6 Å². The predicted molar refractivity (Wildman–Crippen MR) is 107 cm³/mol. The first-order chi connectivity index (χ1) is 12.9. The van der Waals surface area contributed by atoms with E-state index in [1.54, 1.807) is 12.1 Å². The topological polar surface area (TPSA) is 97.4 Å². The molecule has 1 aromatic heterocycles. The summed E-state index contributed by atoms with van der Waals surface area (Å²) in [7, 11) is 0. The lowest BCUT2D eigenvalue weighted by atomic mass is 10.1. The molecule has 0 saturated heterocycles. The molecule has 0 saturated carbocycles. The summed E-state index contributed by atoms with van der Waals surface area (Å²) < 4.78 is 0. The van der Waals surface area contributed by atoms with Crippen molar-refractivity contribution >= 4 is 23.0 Å². The van der Waals surface area contributed by atoms with Crippen molar-refractivity contribution in [3.63, 3.8) is 0 Å². The van der Waals surface area contributed by atoms with Crippen LogP contribution in [0.25, 0.3) is 0 Å². The lowest BCUT2D eigenvalue weighted by Crippen LogP contribution is -2.11. The Labute approximate surface area is 157 Å². The highest BCUT2D eigenvalue weighted by Crippen LogP contribution is 2.33. The van der Waals surface area contributed by atoms with Crippen LogP contribution in [0.2, 0.25) is 0 Å². The fraction of sp³-hybridized carbons (Fsp3) is 0.190. The van der Waals surface area contributed by atoms with Crippen LogP contribution in [-0.4, -0.2) is 21.1 Å². The Balaban J connectivity index is 1.70. The summed E-state index contributed by atoms with van der Waals surface area (Å²) in [6.07, 6.45) is 0.534. The van der Waals surface area contributed by atoms with E-state index in [-0.39, 0.29) is 23.1 Å². The predicted octanol–water partition coefficient (Wildman–Crippen LogP) is 4.62. The minimum Gasteiger partial charge on any atom is -0.505 e. The minimum atomic E-state index is -0.569. The zero-order valence-electron chi connectivity index (χ0n) is 15.3. The fourth-order valence-corrected chi connectivity index (χ4v) is 2.82. The Kier molecular flexibility index (Phi) is 5.35. The van der Waals surface area contributed by atoms with E-state index in [2.05, 4.69) is 15.6 Å². The third kappa shape index (κ3) is 4.41. The van der Waals surface area contributed by atoms with E-state index >= 15 is 0 Å². The summed E-state index contributed by atoms with van der Waals surface area (Å²) in [6.45, 7) is 3.98. The number of aromatic amines is 1. The quantitative estimate of drug-likeness (QED) is 0.440. The molecular formula is C21H23N3O3. The summed E-state index contributed by atoms with van der Waals surface area (Å²) in [6, 6.07) is 16.9. The molecule has 5 N–H and O–H groups in total. The second-order valence-corrected chi connectivity index (χ2v) is 6.80. The van der Waals surface area contributed by atoms with E-state index in [0.717, 1.165) is 11.4 Å². The zero-order chi connectivity index (χ0) is 19.4. The van der Waals surface area contributed by atoms with E-state index in [1.807, 2.05) is 56.3 Å². The molecule has 0 aliphatic rings. The van der Waals surface area contributed by atoms with Gasteiger partial charge in [0.1, 0.15) is 5.56 Å². The maximum atomic E-state index is 12.5. The first kappa shape index (κ1) is 18.4. The molecule has 3 rings (SSSR count). The zero-order valence-corrected chi connectivity index (χ0v) is 15.3. The van der Waals surface area contributed by atoms with E-state index in [9.17, 15) is 15.0 Å². The molecule has 1 heterocycles. The van der Waals surface area contributed by atoms with Crippen LogP contribution in [0.4, 0.5) is 17.1 Å². The number of carbonyl (C=O) groups excluding carboxylic acids is 1. The highest BCUT2D eigenvalue weighted by molar-refractivity contribution is 6.08. The van der Waals surface area contributed by atoms with Crippen LogP contribution in [0.5, 0.6) is 11.6 Å². The van der Waals surface area contributed by atoms with Crippen LogP contribution in [0.15, 0.2) is 54.6 Å². The number of hydrogen-bond acceptors (Lipinski definition) is 4. The van der Waals surface area contributed by atoms with E-state index < -0.39 is 5.91 Å². The summed E-state index contributed by atoms with van der Waals surface area (Å²) in [5.41, 5.74) is 2.72. The van der Waals surface area contributed by atoms with Crippen molar-refractivity contribution in [1.82, 2.24) is 4.98 Å². The molecular weight excluding hydrogens is 342 g/mol. The van der Waals surface area contributed by atoms with Gasteiger partial charge in [-0.25, -0.2) is 0 Å². The Morgan fingerprint density at radius 3 is 2.19 bits per heavy atom. The van der Waals surface area contributed by atoms with Crippen molar-refractivity contribution in [3.05, 3.63) is 65.9 Å². The average Bonchev–Trinajstić information content (AvgIpc) is 2.90. The minimum absolute atomic E-state index is 0.142. The molecule has 0 unspecified atom stereocenters. The van der Waals surface area contributed by atoms with E-state index in [0.29, 0.717) is 17.8 Å². The average molecular weight is 365 g/mol. The van der Waals surface area contributed by atoms with Gasteiger partial charge in [0.25, 0.3) is 5.91 Å². The van der Waals surface area contributed by atoms with Crippen LogP contribution in [-0.2, 0) is 6.42 Å². The van der Waals surface area contributed by atoms with Gasteiger partial charge in [0.2, 0.25) is 5.88 Å². The number of anilines is 3. The van der Waals surface area contributed by atoms with Gasteiger partial charge in [-0.2, -0.15) is 0 Å². The Morgan fingerprint density at radius 1 is 0.963 bits per heavy atom. The lowest BCUT2D eigenvalue weighted by Gasteiger charge is -2.09. The van der Waals surface area contributed by atoms with Crippen LogP contribution in [0, 0.1) is 5.92 Å². The van der Waals surface area contributed by atoms with Crippen LogP contribution in [0.3, 0.4) is 0 Å². The number of rotatable bonds is 6. The third-order valence-electron chi connectivity index (χ3n) is 4.07. The molecule has 27 heavy (non-hydrogen) atoms. The number of para-hydroxylation sites is 1. The maximum Gasteiger partial charge on any atom is 0.264 e. The van der Waals surface area contributed by atoms with Gasteiger partial charge in [-0.3, -0.25) is 4.79 Å². The number of aromatic hydroxyl groups is 2.